The highest BCUT2D eigenvalue weighted by Gasteiger charge is 2.46. The highest BCUT2D eigenvalue weighted by atomic mass is 16.5. The zero-order chi connectivity index (χ0) is 16.4. The SMILES string of the molecule is OC(Cc1cn(CC2CC3(CCOCC3)O2)nn1)c1ccccc1. The summed E-state index contributed by atoms with van der Waals surface area (Å²) in [5.74, 6) is 0. The van der Waals surface area contributed by atoms with Crippen molar-refractivity contribution in [3.8, 4) is 0 Å². The van der Waals surface area contributed by atoms with Crippen LogP contribution < -0.4 is 0 Å². The van der Waals surface area contributed by atoms with Crippen molar-refractivity contribution in [2.24, 2.45) is 0 Å². The molecule has 2 unspecified atom stereocenters. The predicted octanol–water partition coefficient (Wildman–Crippen LogP) is 1.89. The lowest BCUT2D eigenvalue weighted by molar-refractivity contribution is -0.240. The maximum absolute atomic E-state index is 10.3. The van der Waals surface area contributed by atoms with E-state index >= 15 is 0 Å². The molecule has 4 rings (SSSR count). The molecule has 2 aromatic rings. The van der Waals surface area contributed by atoms with E-state index in [9.17, 15) is 5.11 Å². The third-order valence-corrected chi connectivity index (χ3v) is 4.98. The molecule has 24 heavy (non-hydrogen) atoms. The van der Waals surface area contributed by atoms with E-state index in [4.69, 9.17) is 9.47 Å². The van der Waals surface area contributed by atoms with Crippen LogP contribution in [0.1, 0.15) is 36.6 Å². The smallest absolute Gasteiger partial charge is 0.0856 e. The van der Waals surface area contributed by atoms with E-state index in [0.29, 0.717) is 6.42 Å². The van der Waals surface area contributed by atoms with Gasteiger partial charge in [0.1, 0.15) is 0 Å². The van der Waals surface area contributed by atoms with Crippen molar-refractivity contribution >= 4 is 0 Å². The maximum Gasteiger partial charge on any atom is 0.0856 e. The number of nitrogens with zero attached hydrogens (tertiary/aromatic N) is 3. The van der Waals surface area contributed by atoms with Gasteiger partial charge in [0.2, 0.25) is 0 Å². The van der Waals surface area contributed by atoms with Crippen molar-refractivity contribution in [3.05, 3.63) is 47.8 Å². The number of benzene rings is 1. The normalized spacial score (nSPS) is 23.8. The quantitative estimate of drug-likeness (QED) is 0.907. The van der Waals surface area contributed by atoms with Crippen LogP contribution in [0.15, 0.2) is 36.5 Å². The summed E-state index contributed by atoms with van der Waals surface area (Å²) < 4.78 is 13.3. The summed E-state index contributed by atoms with van der Waals surface area (Å²) in [6, 6.07) is 9.64. The molecule has 6 nitrogen and oxygen atoms in total. The average Bonchev–Trinajstić information content (AvgIpc) is 3.02. The minimum Gasteiger partial charge on any atom is -0.388 e. The van der Waals surface area contributed by atoms with E-state index in [0.717, 1.165) is 50.3 Å². The standard InChI is InChI=1S/C18H23N3O3/c22-17(14-4-2-1-3-5-14)10-15-12-21(20-19-15)13-16-11-18(24-16)6-8-23-9-7-18/h1-5,12,16-17,22H,6-11,13H2. The summed E-state index contributed by atoms with van der Waals surface area (Å²) in [6.45, 7) is 2.33. The molecule has 2 aliphatic heterocycles. The molecule has 2 aliphatic rings. The lowest BCUT2D eigenvalue weighted by Crippen LogP contribution is -2.54. The van der Waals surface area contributed by atoms with Crippen molar-refractivity contribution in [2.45, 2.75) is 50.0 Å². The number of aromatic nitrogens is 3. The van der Waals surface area contributed by atoms with E-state index in [2.05, 4.69) is 10.3 Å². The van der Waals surface area contributed by atoms with Crippen LogP contribution in [0.3, 0.4) is 0 Å². The van der Waals surface area contributed by atoms with Gasteiger partial charge in [0.25, 0.3) is 0 Å². The number of aliphatic hydroxyl groups excluding tert-OH is 1. The second-order valence-corrected chi connectivity index (χ2v) is 6.80. The molecule has 6 heteroatoms. The van der Waals surface area contributed by atoms with Gasteiger partial charge < -0.3 is 14.6 Å². The summed E-state index contributed by atoms with van der Waals surface area (Å²) in [5.41, 5.74) is 1.75. The van der Waals surface area contributed by atoms with Crippen LogP contribution in [0.4, 0.5) is 0 Å². The Kier molecular flexibility index (Phi) is 4.35. The molecule has 0 bridgehead atoms. The molecular formula is C18H23N3O3. The van der Waals surface area contributed by atoms with Crippen LogP contribution in [-0.4, -0.2) is 45.0 Å². The number of hydrogen-bond donors (Lipinski definition) is 1. The fraction of sp³-hybridized carbons (Fsp3) is 0.556. The Morgan fingerprint density at radius 1 is 1.25 bits per heavy atom. The Bertz CT molecular complexity index is 659. The summed E-state index contributed by atoms with van der Waals surface area (Å²) in [7, 11) is 0. The van der Waals surface area contributed by atoms with E-state index in [1.54, 1.807) is 0 Å². The van der Waals surface area contributed by atoms with Gasteiger partial charge in [-0.2, -0.15) is 0 Å². The van der Waals surface area contributed by atoms with Crippen molar-refractivity contribution in [3.63, 3.8) is 0 Å². The molecule has 0 radical (unpaired) electrons. The Labute approximate surface area is 141 Å². The lowest BCUT2D eigenvalue weighted by atomic mass is 9.82. The Balaban J connectivity index is 1.29. The van der Waals surface area contributed by atoms with Crippen LogP contribution in [-0.2, 0) is 22.4 Å². The molecule has 1 spiro atoms. The van der Waals surface area contributed by atoms with Crippen LogP contribution in [0.25, 0.3) is 0 Å². The first kappa shape index (κ1) is 15.7. The van der Waals surface area contributed by atoms with Crippen LogP contribution in [0.2, 0.25) is 0 Å². The van der Waals surface area contributed by atoms with Gasteiger partial charge in [-0.25, -0.2) is 4.68 Å². The van der Waals surface area contributed by atoms with Gasteiger partial charge in [-0.15, -0.1) is 5.10 Å². The second kappa shape index (κ2) is 6.63. The van der Waals surface area contributed by atoms with Gasteiger partial charge in [0, 0.05) is 32.3 Å². The molecule has 2 fully saturated rings. The first-order chi connectivity index (χ1) is 11.7. The molecule has 0 amide bonds. The molecule has 0 aliphatic carbocycles. The van der Waals surface area contributed by atoms with Crippen molar-refractivity contribution in [2.75, 3.05) is 13.2 Å². The monoisotopic (exact) mass is 329 g/mol. The maximum atomic E-state index is 10.3. The minimum absolute atomic E-state index is 0.0514. The largest absolute Gasteiger partial charge is 0.388 e. The summed E-state index contributed by atoms with van der Waals surface area (Å²) >= 11 is 0. The number of rotatable bonds is 5. The van der Waals surface area contributed by atoms with E-state index in [1.165, 1.54) is 0 Å². The topological polar surface area (TPSA) is 69.4 Å². The Morgan fingerprint density at radius 2 is 2.00 bits per heavy atom. The third kappa shape index (κ3) is 3.36. The zero-order valence-electron chi connectivity index (χ0n) is 13.7. The zero-order valence-corrected chi connectivity index (χ0v) is 13.7. The molecule has 0 saturated carbocycles. The molecular weight excluding hydrogens is 306 g/mol. The molecule has 3 heterocycles. The van der Waals surface area contributed by atoms with Crippen LogP contribution >= 0.6 is 0 Å². The summed E-state index contributed by atoms with van der Waals surface area (Å²) in [6.07, 6.45) is 5.09. The van der Waals surface area contributed by atoms with Crippen molar-refractivity contribution in [1.82, 2.24) is 15.0 Å². The molecule has 1 N–H and O–H groups in total. The molecule has 128 valence electrons. The number of hydrogen-bond acceptors (Lipinski definition) is 5. The molecule has 1 aromatic carbocycles. The van der Waals surface area contributed by atoms with Gasteiger partial charge >= 0.3 is 0 Å². The van der Waals surface area contributed by atoms with Gasteiger partial charge in [-0.05, 0) is 18.4 Å². The van der Waals surface area contributed by atoms with Crippen LogP contribution in [0, 0.1) is 0 Å². The van der Waals surface area contributed by atoms with Gasteiger partial charge in [-0.3, -0.25) is 0 Å². The highest BCUT2D eigenvalue weighted by molar-refractivity contribution is 5.18. The predicted molar refractivity (Wildman–Crippen MR) is 87.4 cm³/mol. The van der Waals surface area contributed by atoms with Gasteiger partial charge in [0.15, 0.2) is 0 Å². The average molecular weight is 329 g/mol. The lowest BCUT2D eigenvalue weighted by Gasteiger charge is -2.49. The Morgan fingerprint density at radius 3 is 2.75 bits per heavy atom. The van der Waals surface area contributed by atoms with Gasteiger partial charge in [-0.1, -0.05) is 35.5 Å². The number of aliphatic hydroxyl groups is 1. The Hall–Kier alpha value is -1.76. The highest BCUT2D eigenvalue weighted by Crippen LogP contribution is 2.41. The molecule has 2 atom stereocenters. The first-order valence-corrected chi connectivity index (χ1v) is 8.60. The fourth-order valence-electron chi connectivity index (χ4n) is 3.65. The summed E-state index contributed by atoms with van der Waals surface area (Å²) in [5, 5.41) is 18.6. The third-order valence-electron chi connectivity index (χ3n) is 4.98. The van der Waals surface area contributed by atoms with Crippen molar-refractivity contribution in [1.29, 1.82) is 0 Å². The molecule has 1 aromatic heterocycles. The minimum atomic E-state index is -0.554. The van der Waals surface area contributed by atoms with Gasteiger partial charge in [0.05, 0.1) is 30.0 Å². The number of ether oxygens (including phenoxy) is 2. The van der Waals surface area contributed by atoms with E-state index in [1.807, 2.05) is 41.2 Å². The molecule has 2 saturated heterocycles. The van der Waals surface area contributed by atoms with Crippen LogP contribution in [0.5, 0.6) is 0 Å². The fourth-order valence-corrected chi connectivity index (χ4v) is 3.65. The van der Waals surface area contributed by atoms with E-state index < -0.39 is 6.10 Å². The van der Waals surface area contributed by atoms with Crippen molar-refractivity contribution < 1.29 is 14.6 Å². The summed E-state index contributed by atoms with van der Waals surface area (Å²) in [4.78, 5) is 0. The first-order valence-electron chi connectivity index (χ1n) is 8.60. The second-order valence-electron chi connectivity index (χ2n) is 6.80. The van der Waals surface area contributed by atoms with E-state index in [-0.39, 0.29) is 11.7 Å².